The number of benzene rings is 1. The molecule has 0 radical (unpaired) electrons. The van der Waals surface area contributed by atoms with Crippen LogP contribution in [0.15, 0.2) is 4.47 Å². The Morgan fingerprint density at radius 1 is 0.857 bits per heavy atom. The zero-order chi connectivity index (χ0) is 9.71. The summed E-state index contributed by atoms with van der Waals surface area (Å²) >= 11 is 5.66. The molecule has 0 bridgehead atoms. The van der Waals surface area contributed by atoms with E-state index in [0.717, 1.165) is 44.5 Å². The molecule has 70 valence electrons. The molecule has 0 aliphatic rings. The summed E-state index contributed by atoms with van der Waals surface area (Å²) in [5.74, 6) is 0. The van der Waals surface area contributed by atoms with Gasteiger partial charge in [-0.1, -0.05) is 0 Å². The van der Waals surface area contributed by atoms with Crippen LogP contribution in [-0.4, -0.2) is 17.5 Å². The topological polar surface area (TPSA) is 77.6 Å². The fraction of sp³-hybridized carbons (Fsp3) is 0. The minimum atomic E-state index is 0.578. The molecule has 8 heteroatoms. The molecule has 14 heavy (non-hydrogen) atoms. The second kappa shape index (κ2) is 2.81. The molecule has 1 aromatic carbocycles. The van der Waals surface area contributed by atoms with Gasteiger partial charge in [-0.05, 0) is 15.9 Å². The van der Waals surface area contributed by atoms with E-state index in [0.29, 0.717) is 11.2 Å². The summed E-state index contributed by atoms with van der Waals surface area (Å²) in [6.45, 7) is 0. The van der Waals surface area contributed by atoms with Crippen molar-refractivity contribution in [3.8, 4) is 0 Å². The Bertz CT molecular complexity index is 574. The van der Waals surface area contributed by atoms with E-state index in [-0.39, 0.29) is 0 Å². The second-order valence-electron chi connectivity index (χ2n) is 2.65. The maximum absolute atomic E-state index is 5.88. The summed E-state index contributed by atoms with van der Waals surface area (Å²) < 4.78 is 17.3. The van der Waals surface area contributed by atoms with Gasteiger partial charge in [-0.25, -0.2) is 0 Å². The molecule has 0 fully saturated rings. The van der Waals surface area contributed by atoms with Crippen molar-refractivity contribution in [3.05, 3.63) is 4.47 Å². The molecule has 2 N–H and O–H groups in total. The summed E-state index contributed by atoms with van der Waals surface area (Å²) in [5.41, 5.74) is 9.41. The molecular formula is C6H2BrN5S2. The first-order valence-corrected chi connectivity index (χ1v) is 5.86. The quantitative estimate of drug-likeness (QED) is 0.640. The van der Waals surface area contributed by atoms with E-state index in [4.69, 9.17) is 5.73 Å². The van der Waals surface area contributed by atoms with E-state index in [1.807, 2.05) is 0 Å². The minimum absolute atomic E-state index is 0.578. The Morgan fingerprint density at radius 3 is 2.07 bits per heavy atom. The normalized spacial score (nSPS) is 11.5. The van der Waals surface area contributed by atoms with E-state index in [2.05, 4.69) is 33.4 Å². The zero-order valence-corrected chi connectivity index (χ0v) is 9.78. The second-order valence-corrected chi connectivity index (χ2v) is 4.50. The maximum Gasteiger partial charge on any atom is 0.136 e. The van der Waals surface area contributed by atoms with Crippen LogP contribution in [0, 0.1) is 0 Å². The van der Waals surface area contributed by atoms with Crippen LogP contribution in [0.25, 0.3) is 22.1 Å². The highest BCUT2D eigenvalue weighted by molar-refractivity contribution is 9.10. The van der Waals surface area contributed by atoms with Gasteiger partial charge in [0.15, 0.2) is 0 Å². The monoisotopic (exact) mass is 287 g/mol. The Kier molecular flexibility index (Phi) is 1.70. The third-order valence-electron chi connectivity index (χ3n) is 1.90. The Labute approximate surface area is 94.7 Å². The average Bonchev–Trinajstić information content (AvgIpc) is 2.80. The number of nitrogen functional groups attached to an aromatic ring is 1. The number of fused-ring (bicyclic) bond motifs is 3. The van der Waals surface area contributed by atoms with Gasteiger partial charge in [0.05, 0.1) is 33.6 Å². The molecule has 2 heterocycles. The zero-order valence-electron chi connectivity index (χ0n) is 6.56. The van der Waals surface area contributed by atoms with Crippen LogP contribution < -0.4 is 5.73 Å². The van der Waals surface area contributed by atoms with Gasteiger partial charge in [0.25, 0.3) is 0 Å². The van der Waals surface area contributed by atoms with Crippen LogP contribution in [0.5, 0.6) is 0 Å². The van der Waals surface area contributed by atoms with Gasteiger partial charge < -0.3 is 5.73 Å². The molecule has 0 aliphatic carbocycles. The van der Waals surface area contributed by atoms with Crippen molar-refractivity contribution in [1.29, 1.82) is 0 Å². The maximum atomic E-state index is 5.88. The number of rotatable bonds is 0. The van der Waals surface area contributed by atoms with Gasteiger partial charge >= 0.3 is 0 Å². The summed E-state index contributed by atoms with van der Waals surface area (Å²) in [6, 6.07) is 0. The number of halogens is 1. The molecule has 0 saturated carbocycles. The fourth-order valence-corrected chi connectivity index (χ4v) is 2.94. The Morgan fingerprint density at radius 2 is 1.36 bits per heavy atom. The van der Waals surface area contributed by atoms with Crippen molar-refractivity contribution < 1.29 is 0 Å². The van der Waals surface area contributed by atoms with Crippen LogP contribution >= 0.6 is 39.4 Å². The van der Waals surface area contributed by atoms with Crippen molar-refractivity contribution >= 4 is 67.1 Å². The van der Waals surface area contributed by atoms with Crippen molar-refractivity contribution in [1.82, 2.24) is 17.5 Å². The summed E-state index contributed by atoms with van der Waals surface area (Å²) in [5, 5.41) is 0. The van der Waals surface area contributed by atoms with Crippen LogP contribution in [0.3, 0.4) is 0 Å². The molecule has 0 aliphatic heterocycles. The third kappa shape index (κ3) is 0.928. The van der Waals surface area contributed by atoms with Crippen molar-refractivity contribution in [2.24, 2.45) is 0 Å². The lowest BCUT2D eigenvalue weighted by Gasteiger charge is -1.98. The molecule has 0 unspecified atom stereocenters. The molecule has 5 nitrogen and oxygen atoms in total. The SMILES string of the molecule is Nc1c(Br)c2nsnc2c2nsnc12. The predicted molar refractivity (Wildman–Crippen MR) is 60.5 cm³/mol. The van der Waals surface area contributed by atoms with Gasteiger partial charge in [0.2, 0.25) is 0 Å². The highest BCUT2D eigenvalue weighted by Crippen LogP contribution is 2.35. The van der Waals surface area contributed by atoms with E-state index in [1.54, 1.807) is 0 Å². The van der Waals surface area contributed by atoms with Crippen molar-refractivity contribution in [2.75, 3.05) is 5.73 Å². The molecule has 0 atom stereocenters. The van der Waals surface area contributed by atoms with Gasteiger partial charge in [0.1, 0.15) is 22.1 Å². The molecule has 0 spiro atoms. The van der Waals surface area contributed by atoms with Gasteiger partial charge in [0, 0.05) is 0 Å². The minimum Gasteiger partial charge on any atom is -0.396 e. The largest absolute Gasteiger partial charge is 0.396 e. The first kappa shape index (κ1) is 8.45. The number of hydrogen-bond acceptors (Lipinski definition) is 7. The molecule has 2 aromatic heterocycles. The molecule has 3 rings (SSSR count). The number of nitrogens with zero attached hydrogens (tertiary/aromatic N) is 4. The van der Waals surface area contributed by atoms with Crippen LogP contribution in [-0.2, 0) is 0 Å². The van der Waals surface area contributed by atoms with Crippen molar-refractivity contribution in [3.63, 3.8) is 0 Å². The average molecular weight is 288 g/mol. The fourth-order valence-electron chi connectivity index (χ4n) is 1.24. The summed E-state index contributed by atoms with van der Waals surface area (Å²) in [4.78, 5) is 0. The lowest BCUT2D eigenvalue weighted by atomic mass is 10.2. The van der Waals surface area contributed by atoms with Gasteiger partial charge in [-0.3, -0.25) is 0 Å². The third-order valence-corrected chi connectivity index (χ3v) is 3.76. The lowest BCUT2D eigenvalue weighted by molar-refractivity contribution is 1.59. The Hall–Kier alpha value is -0.860. The standard InChI is InChI=1S/C6H2BrN5S2/c7-1-2(8)4-6(12-14-10-4)5-3(1)9-13-11-5/h8H2. The van der Waals surface area contributed by atoms with Crippen LogP contribution in [0.4, 0.5) is 5.69 Å². The number of aromatic nitrogens is 4. The molecule has 0 saturated heterocycles. The highest BCUT2D eigenvalue weighted by Gasteiger charge is 2.16. The number of nitrogens with two attached hydrogens (primary N) is 1. The molecule has 3 aromatic rings. The van der Waals surface area contributed by atoms with Crippen LogP contribution in [0.1, 0.15) is 0 Å². The number of hydrogen-bond donors (Lipinski definition) is 1. The first-order chi connectivity index (χ1) is 6.79. The van der Waals surface area contributed by atoms with E-state index < -0.39 is 0 Å². The van der Waals surface area contributed by atoms with E-state index >= 15 is 0 Å². The smallest absolute Gasteiger partial charge is 0.136 e. The lowest BCUT2D eigenvalue weighted by Crippen LogP contribution is -1.90. The summed E-state index contributed by atoms with van der Waals surface area (Å²) in [7, 11) is 0. The van der Waals surface area contributed by atoms with Crippen LogP contribution in [0.2, 0.25) is 0 Å². The summed E-state index contributed by atoms with van der Waals surface area (Å²) in [6.07, 6.45) is 0. The van der Waals surface area contributed by atoms with E-state index in [1.165, 1.54) is 0 Å². The number of anilines is 1. The van der Waals surface area contributed by atoms with Crippen molar-refractivity contribution in [2.45, 2.75) is 0 Å². The highest BCUT2D eigenvalue weighted by atomic mass is 79.9. The van der Waals surface area contributed by atoms with Gasteiger partial charge in [-0.15, -0.1) is 0 Å². The first-order valence-electron chi connectivity index (χ1n) is 3.60. The van der Waals surface area contributed by atoms with Gasteiger partial charge in [-0.2, -0.15) is 17.5 Å². The Balaban J connectivity index is 2.73. The van der Waals surface area contributed by atoms with E-state index in [9.17, 15) is 0 Å². The molecular weight excluding hydrogens is 286 g/mol. The predicted octanol–water partition coefficient (Wildman–Crippen LogP) is 2.04. The molecule has 0 amide bonds.